The third-order valence-corrected chi connectivity index (χ3v) is 4.55. The lowest BCUT2D eigenvalue weighted by Gasteiger charge is -2.23. The SMILES string of the molecule is CC(=O)N(CCC(=O)NCc1ccccc1C)c1cccc(C)c1C. The van der Waals surface area contributed by atoms with Gasteiger partial charge in [-0.25, -0.2) is 0 Å². The molecule has 0 saturated heterocycles. The van der Waals surface area contributed by atoms with E-state index in [9.17, 15) is 9.59 Å². The predicted molar refractivity (Wildman–Crippen MR) is 102 cm³/mol. The lowest BCUT2D eigenvalue weighted by molar-refractivity contribution is -0.121. The Bertz CT molecular complexity index is 768. The van der Waals surface area contributed by atoms with E-state index >= 15 is 0 Å². The second kappa shape index (κ2) is 8.47. The normalized spacial score (nSPS) is 10.4. The molecule has 132 valence electrons. The molecule has 25 heavy (non-hydrogen) atoms. The summed E-state index contributed by atoms with van der Waals surface area (Å²) in [7, 11) is 0. The van der Waals surface area contributed by atoms with E-state index in [1.54, 1.807) is 4.90 Å². The van der Waals surface area contributed by atoms with Crippen molar-refractivity contribution >= 4 is 17.5 Å². The molecule has 0 aliphatic carbocycles. The van der Waals surface area contributed by atoms with Crippen LogP contribution in [0, 0.1) is 20.8 Å². The summed E-state index contributed by atoms with van der Waals surface area (Å²) < 4.78 is 0. The van der Waals surface area contributed by atoms with Crippen molar-refractivity contribution in [3.63, 3.8) is 0 Å². The first-order chi connectivity index (χ1) is 11.9. The van der Waals surface area contributed by atoms with E-state index < -0.39 is 0 Å². The minimum atomic E-state index is -0.0557. The Morgan fingerprint density at radius 2 is 1.64 bits per heavy atom. The summed E-state index contributed by atoms with van der Waals surface area (Å²) in [6.07, 6.45) is 0.277. The second-order valence-electron chi connectivity index (χ2n) is 6.34. The van der Waals surface area contributed by atoms with Gasteiger partial charge in [-0.05, 0) is 49.1 Å². The van der Waals surface area contributed by atoms with Crippen LogP contribution in [0.15, 0.2) is 42.5 Å². The zero-order chi connectivity index (χ0) is 18.4. The van der Waals surface area contributed by atoms with Gasteiger partial charge in [0, 0.05) is 32.1 Å². The second-order valence-corrected chi connectivity index (χ2v) is 6.34. The molecule has 0 heterocycles. The number of hydrogen-bond donors (Lipinski definition) is 1. The number of nitrogens with zero attached hydrogens (tertiary/aromatic N) is 1. The average molecular weight is 338 g/mol. The molecule has 0 fully saturated rings. The van der Waals surface area contributed by atoms with Crippen LogP contribution in [0.3, 0.4) is 0 Å². The third kappa shape index (κ3) is 4.92. The summed E-state index contributed by atoms with van der Waals surface area (Å²) in [6.45, 7) is 8.46. The van der Waals surface area contributed by atoms with Crippen molar-refractivity contribution in [2.24, 2.45) is 0 Å². The Morgan fingerprint density at radius 1 is 0.960 bits per heavy atom. The Labute approximate surface area is 149 Å². The first-order valence-corrected chi connectivity index (χ1v) is 8.55. The summed E-state index contributed by atoms with van der Waals surface area (Å²) in [6, 6.07) is 13.9. The number of benzene rings is 2. The zero-order valence-corrected chi connectivity index (χ0v) is 15.4. The maximum Gasteiger partial charge on any atom is 0.223 e. The molecule has 0 saturated carbocycles. The highest BCUT2D eigenvalue weighted by molar-refractivity contribution is 5.93. The van der Waals surface area contributed by atoms with E-state index in [2.05, 4.69) is 5.32 Å². The molecule has 0 aromatic heterocycles. The van der Waals surface area contributed by atoms with Gasteiger partial charge in [-0.3, -0.25) is 9.59 Å². The fourth-order valence-electron chi connectivity index (χ4n) is 2.78. The lowest BCUT2D eigenvalue weighted by Crippen LogP contribution is -2.34. The van der Waals surface area contributed by atoms with E-state index in [1.165, 1.54) is 6.92 Å². The van der Waals surface area contributed by atoms with Crippen LogP contribution in [-0.2, 0) is 16.1 Å². The van der Waals surface area contributed by atoms with Crippen LogP contribution in [0.2, 0.25) is 0 Å². The van der Waals surface area contributed by atoms with Gasteiger partial charge in [-0.1, -0.05) is 36.4 Å². The van der Waals surface area contributed by atoms with Gasteiger partial charge < -0.3 is 10.2 Å². The van der Waals surface area contributed by atoms with E-state index in [-0.39, 0.29) is 18.2 Å². The Balaban J connectivity index is 1.97. The van der Waals surface area contributed by atoms with Crippen LogP contribution in [-0.4, -0.2) is 18.4 Å². The molecule has 0 aliphatic rings. The molecule has 2 aromatic carbocycles. The molecule has 4 nitrogen and oxygen atoms in total. The molecule has 0 radical (unpaired) electrons. The molecule has 0 atom stereocenters. The number of anilines is 1. The van der Waals surface area contributed by atoms with Gasteiger partial charge in [-0.15, -0.1) is 0 Å². The number of carbonyl (C=O) groups excluding carboxylic acids is 2. The van der Waals surface area contributed by atoms with Gasteiger partial charge in [0.2, 0.25) is 11.8 Å². The number of hydrogen-bond acceptors (Lipinski definition) is 2. The number of rotatable bonds is 6. The maximum atomic E-state index is 12.2. The van der Waals surface area contributed by atoms with Crippen molar-refractivity contribution in [1.29, 1.82) is 0 Å². The molecule has 2 aromatic rings. The molecular weight excluding hydrogens is 312 g/mol. The maximum absolute atomic E-state index is 12.2. The van der Waals surface area contributed by atoms with Gasteiger partial charge in [0.15, 0.2) is 0 Å². The average Bonchev–Trinajstić information content (AvgIpc) is 2.57. The molecule has 4 heteroatoms. The highest BCUT2D eigenvalue weighted by Crippen LogP contribution is 2.23. The molecular formula is C21H26N2O2. The molecule has 2 amide bonds. The van der Waals surface area contributed by atoms with E-state index in [4.69, 9.17) is 0 Å². The Morgan fingerprint density at radius 3 is 2.32 bits per heavy atom. The van der Waals surface area contributed by atoms with Crippen molar-refractivity contribution in [3.8, 4) is 0 Å². The molecule has 0 aliphatic heterocycles. The summed E-state index contributed by atoms with van der Waals surface area (Å²) in [5, 5.41) is 2.93. The van der Waals surface area contributed by atoms with Crippen LogP contribution in [0.4, 0.5) is 5.69 Å². The first-order valence-electron chi connectivity index (χ1n) is 8.55. The van der Waals surface area contributed by atoms with Crippen molar-refractivity contribution in [2.45, 2.75) is 40.7 Å². The van der Waals surface area contributed by atoms with Crippen molar-refractivity contribution in [3.05, 3.63) is 64.7 Å². The van der Waals surface area contributed by atoms with Crippen molar-refractivity contribution in [2.75, 3.05) is 11.4 Å². The summed E-state index contributed by atoms with van der Waals surface area (Å²) in [4.78, 5) is 25.9. The van der Waals surface area contributed by atoms with E-state index in [0.29, 0.717) is 13.1 Å². The van der Waals surface area contributed by atoms with E-state index in [0.717, 1.165) is 27.9 Å². The topological polar surface area (TPSA) is 49.4 Å². The Kier molecular flexibility index (Phi) is 6.34. The summed E-state index contributed by atoms with van der Waals surface area (Å²) >= 11 is 0. The van der Waals surface area contributed by atoms with Crippen LogP contribution < -0.4 is 10.2 Å². The zero-order valence-electron chi connectivity index (χ0n) is 15.4. The number of carbonyl (C=O) groups is 2. The van der Waals surface area contributed by atoms with Crippen LogP contribution in [0.25, 0.3) is 0 Å². The van der Waals surface area contributed by atoms with Gasteiger partial charge >= 0.3 is 0 Å². The molecule has 1 N–H and O–H groups in total. The smallest absolute Gasteiger partial charge is 0.223 e. The van der Waals surface area contributed by atoms with Gasteiger partial charge in [0.25, 0.3) is 0 Å². The van der Waals surface area contributed by atoms with Crippen molar-refractivity contribution in [1.82, 2.24) is 5.32 Å². The monoisotopic (exact) mass is 338 g/mol. The van der Waals surface area contributed by atoms with Crippen LogP contribution >= 0.6 is 0 Å². The standard InChI is InChI=1S/C21H26N2O2/c1-15-9-7-11-20(17(15)3)23(18(4)24)13-12-21(25)22-14-19-10-6-5-8-16(19)2/h5-11H,12-14H2,1-4H3,(H,22,25). The number of nitrogens with one attached hydrogen (secondary N) is 1. The van der Waals surface area contributed by atoms with Crippen LogP contribution in [0.5, 0.6) is 0 Å². The fraction of sp³-hybridized carbons (Fsp3) is 0.333. The minimum Gasteiger partial charge on any atom is -0.352 e. The molecule has 2 rings (SSSR count). The number of amides is 2. The van der Waals surface area contributed by atoms with E-state index in [1.807, 2.05) is 63.2 Å². The lowest BCUT2D eigenvalue weighted by atomic mass is 10.1. The first kappa shape index (κ1) is 18.7. The summed E-state index contributed by atoms with van der Waals surface area (Å²) in [5.74, 6) is -0.111. The molecule has 0 spiro atoms. The van der Waals surface area contributed by atoms with Crippen LogP contribution in [0.1, 0.15) is 35.6 Å². The highest BCUT2D eigenvalue weighted by Gasteiger charge is 2.16. The minimum absolute atomic E-state index is 0.0552. The van der Waals surface area contributed by atoms with Gasteiger partial charge in [0.1, 0.15) is 0 Å². The summed E-state index contributed by atoms with van der Waals surface area (Å²) in [5.41, 5.74) is 5.34. The van der Waals surface area contributed by atoms with Crippen molar-refractivity contribution < 1.29 is 9.59 Å². The van der Waals surface area contributed by atoms with Gasteiger partial charge in [0.05, 0.1) is 0 Å². The fourth-order valence-corrected chi connectivity index (χ4v) is 2.78. The molecule has 0 bridgehead atoms. The Hall–Kier alpha value is -2.62. The molecule has 0 unspecified atom stereocenters. The largest absolute Gasteiger partial charge is 0.352 e. The predicted octanol–water partition coefficient (Wildman–Crippen LogP) is 3.67. The third-order valence-electron chi connectivity index (χ3n) is 4.55. The van der Waals surface area contributed by atoms with Gasteiger partial charge in [-0.2, -0.15) is 0 Å². The quantitative estimate of drug-likeness (QED) is 0.873. The highest BCUT2D eigenvalue weighted by atomic mass is 16.2. The number of aryl methyl sites for hydroxylation is 2.